The zero-order valence-corrected chi connectivity index (χ0v) is 15.5. The quantitative estimate of drug-likeness (QED) is 0.749. The largest absolute Gasteiger partial charge is 0.484 e. The topological polar surface area (TPSA) is 105 Å². The summed E-state index contributed by atoms with van der Waals surface area (Å²) in [6, 6.07) is 13.4. The minimum atomic E-state index is -0.659. The fourth-order valence-electron chi connectivity index (χ4n) is 3.49. The average Bonchev–Trinajstić information content (AvgIpc) is 3.03. The van der Waals surface area contributed by atoms with Crippen LogP contribution in [0.2, 0.25) is 0 Å². The highest BCUT2D eigenvalue weighted by Crippen LogP contribution is 2.30. The zero-order chi connectivity index (χ0) is 20.4. The Balaban J connectivity index is 1.39. The van der Waals surface area contributed by atoms with E-state index in [-0.39, 0.29) is 30.7 Å². The second-order valence-electron chi connectivity index (χ2n) is 6.92. The summed E-state index contributed by atoms with van der Waals surface area (Å²) in [6.07, 6.45) is 0.523. The van der Waals surface area contributed by atoms with Crippen molar-refractivity contribution in [3.63, 3.8) is 0 Å². The highest BCUT2D eigenvalue weighted by Gasteiger charge is 2.39. The van der Waals surface area contributed by atoms with Crippen molar-refractivity contribution in [1.82, 2.24) is 10.2 Å². The number of rotatable bonds is 5. The molecule has 2 N–H and O–H groups in total. The van der Waals surface area contributed by atoms with Gasteiger partial charge in [-0.05, 0) is 36.2 Å². The maximum Gasteiger partial charge on any atom is 0.262 e. The summed E-state index contributed by atoms with van der Waals surface area (Å²) in [6.45, 7) is 0.105. The first kappa shape index (κ1) is 18.7. The molecule has 2 heterocycles. The number of para-hydroxylation sites is 1. The lowest BCUT2D eigenvalue weighted by Crippen LogP contribution is -2.52. The zero-order valence-electron chi connectivity index (χ0n) is 15.5. The van der Waals surface area contributed by atoms with Crippen LogP contribution in [0.5, 0.6) is 5.75 Å². The van der Waals surface area contributed by atoms with E-state index in [0.29, 0.717) is 30.0 Å². The molecule has 1 unspecified atom stereocenters. The van der Waals surface area contributed by atoms with Crippen LogP contribution < -0.4 is 15.4 Å². The molecule has 0 aliphatic carbocycles. The van der Waals surface area contributed by atoms with E-state index in [2.05, 4.69) is 10.6 Å². The highest BCUT2D eigenvalue weighted by atomic mass is 16.5. The number of amides is 4. The molecule has 148 valence electrons. The number of hydrogen-bond donors (Lipinski definition) is 2. The van der Waals surface area contributed by atoms with Crippen molar-refractivity contribution in [2.45, 2.75) is 25.4 Å². The smallest absolute Gasteiger partial charge is 0.262 e. The molecule has 4 rings (SSSR count). The molecule has 1 atom stereocenters. The normalized spacial score (nSPS) is 18.3. The number of fused-ring (bicyclic) bond motifs is 1. The van der Waals surface area contributed by atoms with Crippen molar-refractivity contribution in [3.05, 3.63) is 59.7 Å². The van der Waals surface area contributed by atoms with E-state index >= 15 is 0 Å². The van der Waals surface area contributed by atoms with Crippen molar-refractivity contribution in [2.75, 3.05) is 11.9 Å². The predicted molar refractivity (Wildman–Crippen MR) is 103 cm³/mol. The molecule has 1 fully saturated rings. The number of benzene rings is 2. The standard InChI is InChI=1S/C21H19N3O5/c25-18-9-8-17(20(27)23-18)24-11-13-6-7-15(10-16(13)21(24)28)29-12-19(26)22-14-4-2-1-3-5-14/h1-7,10,17H,8-9,11-12H2,(H,22,26)(H,23,25,27). The van der Waals surface area contributed by atoms with Crippen molar-refractivity contribution >= 4 is 29.3 Å². The monoisotopic (exact) mass is 393 g/mol. The maximum absolute atomic E-state index is 12.8. The van der Waals surface area contributed by atoms with E-state index in [9.17, 15) is 19.2 Å². The Hall–Kier alpha value is -3.68. The van der Waals surface area contributed by atoms with Crippen LogP contribution in [-0.2, 0) is 20.9 Å². The van der Waals surface area contributed by atoms with Gasteiger partial charge in [-0.3, -0.25) is 24.5 Å². The molecule has 4 amide bonds. The van der Waals surface area contributed by atoms with Crippen LogP contribution in [0.3, 0.4) is 0 Å². The van der Waals surface area contributed by atoms with E-state index < -0.39 is 11.9 Å². The molecular weight excluding hydrogens is 374 g/mol. The van der Waals surface area contributed by atoms with Crippen molar-refractivity contribution in [2.24, 2.45) is 0 Å². The molecule has 2 aliphatic heterocycles. The highest BCUT2D eigenvalue weighted by molar-refractivity contribution is 6.05. The number of piperidine rings is 1. The molecule has 0 spiro atoms. The number of ether oxygens (including phenoxy) is 1. The van der Waals surface area contributed by atoms with Gasteiger partial charge in [0.25, 0.3) is 11.8 Å². The second-order valence-corrected chi connectivity index (χ2v) is 6.92. The lowest BCUT2D eigenvalue weighted by atomic mass is 10.0. The first-order valence-corrected chi connectivity index (χ1v) is 9.26. The Morgan fingerprint density at radius 2 is 1.93 bits per heavy atom. The lowest BCUT2D eigenvalue weighted by Gasteiger charge is -2.29. The summed E-state index contributed by atoms with van der Waals surface area (Å²) < 4.78 is 5.52. The molecule has 29 heavy (non-hydrogen) atoms. The van der Waals surface area contributed by atoms with E-state index in [1.165, 1.54) is 4.90 Å². The molecule has 8 nitrogen and oxygen atoms in total. The summed E-state index contributed by atoms with van der Waals surface area (Å²) in [5.41, 5.74) is 1.89. The van der Waals surface area contributed by atoms with Crippen LogP contribution in [0.25, 0.3) is 0 Å². The van der Waals surface area contributed by atoms with Gasteiger partial charge in [-0.15, -0.1) is 0 Å². The third-order valence-electron chi connectivity index (χ3n) is 4.93. The summed E-state index contributed by atoms with van der Waals surface area (Å²) in [5.74, 6) is -0.969. The summed E-state index contributed by atoms with van der Waals surface area (Å²) in [5, 5.41) is 5.00. The van der Waals surface area contributed by atoms with Crippen LogP contribution in [0.4, 0.5) is 5.69 Å². The van der Waals surface area contributed by atoms with E-state index in [0.717, 1.165) is 5.56 Å². The Bertz CT molecular complexity index is 989. The van der Waals surface area contributed by atoms with E-state index in [1.54, 1.807) is 30.3 Å². The van der Waals surface area contributed by atoms with Gasteiger partial charge < -0.3 is 15.0 Å². The number of imide groups is 1. The number of carbonyl (C=O) groups excluding carboxylic acids is 4. The summed E-state index contributed by atoms with van der Waals surface area (Å²) in [4.78, 5) is 49.7. The van der Waals surface area contributed by atoms with Crippen molar-refractivity contribution in [1.29, 1.82) is 0 Å². The molecule has 0 bridgehead atoms. The van der Waals surface area contributed by atoms with Gasteiger partial charge in [-0.2, -0.15) is 0 Å². The lowest BCUT2D eigenvalue weighted by molar-refractivity contribution is -0.137. The second kappa shape index (κ2) is 7.75. The number of nitrogens with zero attached hydrogens (tertiary/aromatic N) is 1. The van der Waals surface area contributed by atoms with Gasteiger partial charge in [-0.1, -0.05) is 24.3 Å². The van der Waals surface area contributed by atoms with Crippen LogP contribution in [-0.4, -0.2) is 41.2 Å². The van der Waals surface area contributed by atoms with Gasteiger partial charge in [0.05, 0.1) is 0 Å². The Labute approximate surface area is 166 Å². The van der Waals surface area contributed by atoms with E-state index in [4.69, 9.17) is 4.74 Å². The van der Waals surface area contributed by atoms with Gasteiger partial charge in [0, 0.05) is 24.2 Å². The first-order chi connectivity index (χ1) is 14.0. The van der Waals surface area contributed by atoms with Crippen molar-refractivity contribution in [3.8, 4) is 5.75 Å². The molecule has 2 aromatic carbocycles. The van der Waals surface area contributed by atoms with Crippen LogP contribution in [0.15, 0.2) is 48.5 Å². The van der Waals surface area contributed by atoms with Crippen LogP contribution in [0.1, 0.15) is 28.8 Å². The average molecular weight is 393 g/mol. The van der Waals surface area contributed by atoms with Crippen LogP contribution in [0, 0.1) is 0 Å². The molecular formula is C21H19N3O5. The summed E-state index contributed by atoms with van der Waals surface area (Å²) in [7, 11) is 0. The molecule has 0 radical (unpaired) electrons. The summed E-state index contributed by atoms with van der Waals surface area (Å²) >= 11 is 0. The maximum atomic E-state index is 12.8. The third kappa shape index (κ3) is 3.96. The van der Waals surface area contributed by atoms with E-state index in [1.807, 2.05) is 18.2 Å². The minimum absolute atomic E-state index is 0.196. The van der Waals surface area contributed by atoms with Gasteiger partial charge in [0.2, 0.25) is 11.8 Å². The number of carbonyl (C=O) groups is 4. The molecule has 8 heteroatoms. The predicted octanol–water partition coefficient (Wildman–Crippen LogP) is 1.47. The third-order valence-corrected chi connectivity index (χ3v) is 4.93. The molecule has 2 aromatic rings. The number of hydrogen-bond acceptors (Lipinski definition) is 5. The molecule has 1 saturated heterocycles. The van der Waals surface area contributed by atoms with Gasteiger partial charge in [-0.25, -0.2) is 0 Å². The first-order valence-electron chi connectivity index (χ1n) is 9.26. The Morgan fingerprint density at radius 1 is 1.14 bits per heavy atom. The Morgan fingerprint density at radius 3 is 2.69 bits per heavy atom. The molecule has 0 aromatic heterocycles. The fourth-order valence-corrected chi connectivity index (χ4v) is 3.49. The van der Waals surface area contributed by atoms with Gasteiger partial charge in [0.1, 0.15) is 11.8 Å². The van der Waals surface area contributed by atoms with Crippen LogP contribution >= 0.6 is 0 Å². The van der Waals surface area contributed by atoms with Gasteiger partial charge >= 0.3 is 0 Å². The number of nitrogens with one attached hydrogen (secondary N) is 2. The molecule has 0 saturated carbocycles. The number of anilines is 1. The van der Waals surface area contributed by atoms with Gasteiger partial charge in [0.15, 0.2) is 6.61 Å². The fraction of sp³-hybridized carbons (Fsp3) is 0.238. The minimum Gasteiger partial charge on any atom is -0.484 e. The Kier molecular flexibility index (Phi) is 4.99. The molecule has 2 aliphatic rings. The van der Waals surface area contributed by atoms with Crippen molar-refractivity contribution < 1.29 is 23.9 Å². The SMILES string of the molecule is O=C1CCC(N2Cc3ccc(OCC(=O)Nc4ccccc4)cc3C2=O)C(=O)N1.